The normalized spacial score (nSPS) is 34.6. The Labute approximate surface area is 294 Å². The number of ether oxygens (including phenoxy) is 2. The summed E-state index contributed by atoms with van der Waals surface area (Å²) in [4.78, 5) is 29.2. The van der Waals surface area contributed by atoms with Crippen LogP contribution in [0.1, 0.15) is 66.9 Å². The highest BCUT2D eigenvalue weighted by Gasteiger charge is 2.44. The van der Waals surface area contributed by atoms with Gasteiger partial charge in [0.25, 0.3) is 5.91 Å². The molecule has 1 unspecified atom stereocenters. The van der Waals surface area contributed by atoms with Crippen molar-refractivity contribution in [2.45, 2.75) is 69.4 Å². The highest BCUT2D eigenvalue weighted by molar-refractivity contribution is 7.92. The molecule has 2 heterocycles. The van der Waals surface area contributed by atoms with Crippen molar-refractivity contribution in [1.82, 2.24) is 10.0 Å². The highest BCUT2D eigenvalue weighted by atomic mass is 35.5. The quantitative estimate of drug-likeness (QED) is 0.350. The summed E-state index contributed by atoms with van der Waals surface area (Å²) in [5, 5.41) is 12.9. The molecule has 2 aliphatic heterocycles. The van der Waals surface area contributed by atoms with E-state index in [0.29, 0.717) is 43.6 Å². The number of aliphatic hydroxyl groups is 1. The second-order valence-electron chi connectivity index (χ2n) is 14.8. The second-order valence-corrected chi connectivity index (χ2v) is 17.3. The van der Waals surface area contributed by atoms with E-state index in [1.807, 2.05) is 25.1 Å². The van der Waals surface area contributed by atoms with Gasteiger partial charge in [-0.2, -0.15) is 0 Å². The standard InChI is InChI=1S/C37H47ClN4O6S/c1-23-5-3-7-33(47-2)29-11-8-26(29)18-42-21-37(14-4-6-24-15-28(38)10-12-30(24)37)22-48-34-13-9-25(17-32(34)42)35(44)40-49(46,20-23)41-36(45)39-31-16-27(31)19-43/h3,7,9-10,12-13,15,17,23,26-27,29,31,33,43H,4-6,8,11,14,16,18-22H2,1-2H3,(H2,39,40,41,44,45,46)/b7-3-/t23-,26-,27-,29+,31-,33-,37-,49?/m0/s1. The molecule has 2 aromatic rings. The number of benzene rings is 2. The molecule has 49 heavy (non-hydrogen) atoms. The van der Waals surface area contributed by atoms with Gasteiger partial charge in [-0.05, 0) is 104 Å². The minimum Gasteiger partial charge on any atom is -0.490 e. The second kappa shape index (κ2) is 13.9. The van der Waals surface area contributed by atoms with Gasteiger partial charge in [-0.1, -0.05) is 36.7 Å². The number of methoxy groups -OCH3 is 1. The number of nitrogens with one attached hydrogen (secondary N) is 2. The number of urea groups is 1. The molecule has 1 spiro atoms. The number of allylic oxidation sites excluding steroid dienone is 1. The maximum atomic E-state index is 14.3. The third-order valence-electron chi connectivity index (χ3n) is 11.2. The number of aliphatic hydroxyl groups excluding tert-OH is 1. The lowest BCUT2D eigenvalue weighted by molar-refractivity contribution is 0.0131. The van der Waals surface area contributed by atoms with Crippen molar-refractivity contribution in [3.63, 3.8) is 0 Å². The lowest BCUT2D eigenvalue weighted by Gasteiger charge is -2.46. The minimum atomic E-state index is -3.50. The van der Waals surface area contributed by atoms with Crippen molar-refractivity contribution in [1.29, 1.82) is 0 Å². The number of anilines is 1. The fraction of sp³-hybridized carbons (Fsp3) is 0.568. The number of nitrogens with zero attached hydrogens (tertiary/aromatic N) is 2. The van der Waals surface area contributed by atoms with Gasteiger partial charge in [-0.15, -0.1) is 4.36 Å². The van der Waals surface area contributed by atoms with Gasteiger partial charge in [-0.3, -0.25) is 9.52 Å². The van der Waals surface area contributed by atoms with Crippen molar-refractivity contribution in [3.05, 3.63) is 70.3 Å². The van der Waals surface area contributed by atoms with Crippen LogP contribution in [-0.2, 0) is 26.5 Å². The number of carbonyl (C=O) groups is 2. The molecule has 2 aromatic carbocycles. The Kier molecular flexibility index (Phi) is 9.73. The average Bonchev–Trinajstić information content (AvgIpc) is 3.83. The molecule has 2 saturated carbocycles. The van der Waals surface area contributed by atoms with Crippen LogP contribution in [0.3, 0.4) is 0 Å². The molecule has 5 aliphatic rings. The largest absolute Gasteiger partial charge is 0.490 e. The fourth-order valence-electron chi connectivity index (χ4n) is 8.34. The lowest BCUT2D eigenvalue weighted by atomic mass is 9.68. The van der Waals surface area contributed by atoms with E-state index in [-0.39, 0.29) is 47.3 Å². The molecule has 0 radical (unpaired) electrons. The number of hydrogen-bond donors (Lipinski definition) is 3. The van der Waals surface area contributed by atoms with Crippen LogP contribution in [0.2, 0.25) is 5.02 Å². The number of fused-ring (bicyclic) bond motifs is 4. The van der Waals surface area contributed by atoms with Crippen LogP contribution >= 0.6 is 11.6 Å². The Morgan fingerprint density at radius 1 is 1.24 bits per heavy atom. The van der Waals surface area contributed by atoms with Crippen molar-refractivity contribution in [2.75, 3.05) is 44.1 Å². The summed E-state index contributed by atoms with van der Waals surface area (Å²) in [5.41, 5.74) is 3.38. The summed E-state index contributed by atoms with van der Waals surface area (Å²) in [7, 11) is -1.75. The van der Waals surface area contributed by atoms with Crippen LogP contribution < -0.4 is 19.7 Å². The SMILES string of the molecule is CO[C@H]1/C=C\C[C@H](C)CS(=O)(NC(=O)N[C@H]2C[C@H]2CO)=NC(=O)c2ccc3c(c2)N(C[C@@H]2CC[C@H]21)C[C@@]1(CCCc2cc(Cl)ccc21)CO3. The van der Waals surface area contributed by atoms with Crippen molar-refractivity contribution < 1.29 is 28.4 Å². The van der Waals surface area contributed by atoms with Crippen LogP contribution in [0.4, 0.5) is 10.5 Å². The molecule has 0 aromatic heterocycles. The first-order chi connectivity index (χ1) is 23.6. The Morgan fingerprint density at radius 3 is 2.86 bits per heavy atom. The average molecular weight is 711 g/mol. The molecule has 10 nitrogen and oxygen atoms in total. The number of amides is 3. The van der Waals surface area contributed by atoms with Gasteiger partial charge >= 0.3 is 6.03 Å². The summed E-state index contributed by atoms with van der Waals surface area (Å²) in [6, 6.07) is 10.7. The van der Waals surface area contributed by atoms with Crippen molar-refractivity contribution in [3.8, 4) is 5.75 Å². The summed E-state index contributed by atoms with van der Waals surface area (Å²) in [6.07, 6.45) is 10.5. The van der Waals surface area contributed by atoms with Crippen LogP contribution in [0.5, 0.6) is 5.75 Å². The van der Waals surface area contributed by atoms with E-state index < -0.39 is 21.9 Å². The lowest BCUT2D eigenvalue weighted by Crippen LogP contribution is -2.49. The molecule has 264 valence electrons. The van der Waals surface area contributed by atoms with Crippen molar-refractivity contribution in [2.24, 2.45) is 28.0 Å². The molecule has 2 bridgehead atoms. The number of rotatable bonds is 4. The molecule has 3 N–H and O–H groups in total. The molecule has 0 saturated heterocycles. The Morgan fingerprint density at radius 2 is 2.10 bits per heavy atom. The first-order valence-corrected chi connectivity index (χ1v) is 19.6. The zero-order valence-electron chi connectivity index (χ0n) is 28.2. The van der Waals surface area contributed by atoms with E-state index in [0.717, 1.165) is 49.4 Å². The summed E-state index contributed by atoms with van der Waals surface area (Å²) in [6.45, 7) is 3.90. The van der Waals surface area contributed by atoms with E-state index in [1.54, 1.807) is 13.2 Å². The van der Waals surface area contributed by atoms with Crippen LogP contribution in [-0.4, -0.2) is 72.6 Å². The summed E-state index contributed by atoms with van der Waals surface area (Å²) in [5.74, 6) is 0.610. The fourth-order valence-corrected chi connectivity index (χ4v) is 10.4. The first-order valence-electron chi connectivity index (χ1n) is 17.6. The van der Waals surface area contributed by atoms with E-state index in [2.05, 4.69) is 43.6 Å². The van der Waals surface area contributed by atoms with Crippen LogP contribution in [0, 0.1) is 23.7 Å². The van der Waals surface area contributed by atoms with Gasteiger partial charge < -0.3 is 24.8 Å². The predicted octanol–water partition coefficient (Wildman–Crippen LogP) is 5.65. The minimum absolute atomic E-state index is 0.000417. The Bertz CT molecular complexity index is 1760. The number of halogens is 1. The zero-order valence-corrected chi connectivity index (χ0v) is 29.8. The monoisotopic (exact) mass is 710 g/mol. The van der Waals surface area contributed by atoms with Crippen LogP contribution in [0.15, 0.2) is 52.9 Å². The molecule has 8 atom stereocenters. The Balaban J connectivity index is 1.27. The van der Waals surface area contributed by atoms with Gasteiger partial charge in [0, 0.05) is 54.8 Å². The number of carbonyl (C=O) groups excluding carboxylic acids is 2. The maximum Gasteiger partial charge on any atom is 0.327 e. The van der Waals surface area contributed by atoms with Gasteiger partial charge in [0.2, 0.25) is 0 Å². The third kappa shape index (κ3) is 7.22. The van der Waals surface area contributed by atoms with Crippen LogP contribution in [0.25, 0.3) is 0 Å². The molecule has 12 heteroatoms. The van der Waals surface area contributed by atoms with Gasteiger partial charge in [-0.25, -0.2) is 9.00 Å². The first kappa shape index (κ1) is 34.3. The van der Waals surface area contributed by atoms with E-state index in [9.17, 15) is 18.9 Å². The molecule has 3 amide bonds. The van der Waals surface area contributed by atoms with E-state index in [4.69, 9.17) is 21.1 Å². The van der Waals surface area contributed by atoms with E-state index in [1.165, 1.54) is 11.1 Å². The zero-order chi connectivity index (χ0) is 34.3. The highest BCUT2D eigenvalue weighted by Crippen LogP contribution is 2.47. The molecule has 3 aliphatic carbocycles. The smallest absolute Gasteiger partial charge is 0.327 e. The number of aryl methyl sites for hydroxylation is 1. The summed E-state index contributed by atoms with van der Waals surface area (Å²) < 4.78 is 33.7. The summed E-state index contributed by atoms with van der Waals surface area (Å²) >= 11 is 6.44. The van der Waals surface area contributed by atoms with Gasteiger partial charge in [0.05, 0.1) is 24.2 Å². The topological polar surface area (TPSA) is 130 Å². The number of hydrogen-bond acceptors (Lipinski definition) is 7. The molecular formula is C37H47ClN4O6S. The van der Waals surface area contributed by atoms with E-state index >= 15 is 0 Å². The van der Waals surface area contributed by atoms with Crippen molar-refractivity contribution >= 4 is 39.1 Å². The molecule has 2 fully saturated rings. The molecule has 7 rings (SSSR count). The third-order valence-corrected chi connectivity index (χ3v) is 13.5. The predicted molar refractivity (Wildman–Crippen MR) is 191 cm³/mol. The Hall–Kier alpha value is -3.12. The maximum absolute atomic E-state index is 14.3. The molecular weight excluding hydrogens is 664 g/mol. The van der Waals surface area contributed by atoms with Gasteiger partial charge in [0.1, 0.15) is 15.7 Å². The van der Waals surface area contributed by atoms with Gasteiger partial charge in [0.15, 0.2) is 0 Å².